The van der Waals surface area contributed by atoms with Crippen LogP contribution in [0, 0.1) is 5.92 Å². The van der Waals surface area contributed by atoms with Gasteiger partial charge in [-0.15, -0.1) is 0 Å². The summed E-state index contributed by atoms with van der Waals surface area (Å²) in [6.07, 6.45) is 4.83. The summed E-state index contributed by atoms with van der Waals surface area (Å²) in [6, 6.07) is 3.79. The zero-order chi connectivity index (χ0) is 20.5. The highest BCUT2D eigenvalue weighted by atomic mass is 16.5. The Morgan fingerprint density at radius 3 is 2.14 bits per heavy atom. The van der Waals surface area contributed by atoms with Crippen molar-refractivity contribution in [1.29, 1.82) is 0 Å². The Labute approximate surface area is 166 Å². The number of hydrogen-bond acceptors (Lipinski definition) is 6. The molecular formula is C21H31NO6. The predicted molar refractivity (Wildman–Crippen MR) is 105 cm³/mol. The van der Waals surface area contributed by atoms with Crippen LogP contribution in [0.2, 0.25) is 0 Å². The molecule has 0 heterocycles. The third-order valence-electron chi connectivity index (χ3n) is 5.09. The molecule has 1 amide bonds. The Bertz CT molecular complexity index is 642. The van der Waals surface area contributed by atoms with Crippen LogP contribution in [0.4, 0.5) is 0 Å². The first kappa shape index (κ1) is 21.9. The van der Waals surface area contributed by atoms with E-state index in [0.717, 1.165) is 37.2 Å². The lowest BCUT2D eigenvalue weighted by molar-refractivity contribution is -0.148. The fourth-order valence-corrected chi connectivity index (χ4v) is 3.42. The number of carbonyl (C=O) groups is 2. The van der Waals surface area contributed by atoms with Crippen molar-refractivity contribution in [2.24, 2.45) is 5.92 Å². The van der Waals surface area contributed by atoms with E-state index in [1.54, 1.807) is 26.4 Å². The highest BCUT2D eigenvalue weighted by molar-refractivity contribution is 5.80. The van der Waals surface area contributed by atoms with Gasteiger partial charge in [-0.05, 0) is 55.7 Å². The lowest BCUT2D eigenvalue weighted by atomic mass is 9.87. The van der Waals surface area contributed by atoms with Gasteiger partial charge in [-0.3, -0.25) is 9.59 Å². The van der Waals surface area contributed by atoms with Crippen LogP contribution in [0.5, 0.6) is 17.2 Å². The number of amides is 1. The zero-order valence-electron chi connectivity index (χ0n) is 17.2. The predicted octanol–water partition coefficient (Wildman–Crippen LogP) is 2.88. The molecule has 1 aliphatic rings. The van der Waals surface area contributed by atoms with E-state index in [-0.39, 0.29) is 25.0 Å². The van der Waals surface area contributed by atoms with E-state index in [9.17, 15) is 9.59 Å². The van der Waals surface area contributed by atoms with Crippen molar-refractivity contribution in [3.05, 3.63) is 17.7 Å². The average molecular weight is 393 g/mol. The molecule has 0 atom stereocenters. The van der Waals surface area contributed by atoms with Crippen molar-refractivity contribution < 1.29 is 28.5 Å². The number of methoxy groups -OCH3 is 3. The maximum Gasteiger partial charge on any atom is 0.306 e. The molecule has 1 saturated carbocycles. The molecule has 0 aliphatic heterocycles. The molecule has 1 N–H and O–H groups in total. The summed E-state index contributed by atoms with van der Waals surface area (Å²) in [5, 5.41) is 2.95. The second kappa shape index (κ2) is 10.8. The first-order valence-corrected chi connectivity index (χ1v) is 9.70. The van der Waals surface area contributed by atoms with Crippen LogP contribution < -0.4 is 19.5 Å². The van der Waals surface area contributed by atoms with Crippen LogP contribution in [-0.2, 0) is 20.7 Å². The molecule has 1 aromatic rings. The molecule has 7 nitrogen and oxygen atoms in total. The van der Waals surface area contributed by atoms with Gasteiger partial charge in [0.2, 0.25) is 5.75 Å². The molecule has 0 saturated heterocycles. The van der Waals surface area contributed by atoms with Gasteiger partial charge in [0.05, 0.1) is 21.3 Å². The monoisotopic (exact) mass is 393 g/mol. The smallest absolute Gasteiger partial charge is 0.306 e. The molecule has 7 heteroatoms. The van der Waals surface area contributed by atoms with E-state index in [2.05, 4.69) is 12.2 Å². The molecule has 0 aromatic heterocycles. The molecule has 156 valence electrons. The lowest BCUT2D eigenvalue weighted by Gasteiger charge is -2.26. The van der Waals surface area contributed by atoms with Gasteiger partial charge in [-0.25, -0.2) is 0 Å². The molecule has 1 aromatic carbocycles. The summed E-state index contributed by atoms with van der Waals surface area (Å²) in [4.78, 5) is 24.0. The van der Waals surface area contributed by atoms with Gasteiger partial charge in [0.15, 0.2) is 18.1 Å². The Morgan fingerprint density at radius 1 is 1.00 bits per heavy atom. The van der Waals surface area contributed by atoms with Crippen LogP contribution >= 0.6 is 0 Å². The number of hydrogen-bond donors (Lipinski definition) is 1. The zero-order valence-corrected chi connectivity index (χ0v) is 17.2. The molecule has 0 radical (unpaired) electrons. The standard InChI is InChI=1S/C21H31NO6/c1-14-5-8-16(9-6-14)22-19(23)13-28-20(24)10-7-15-11-17(25-2)21(27-4)18(12-15)26-3/h11-12,14,16H,5-10,13H2,1-4H3,(H,22,23). The summed E-state index contributed by atoms with van der Waals surface area (Å²) >= 11 is 0. The Balaban J connectivity index is 1.78. The van der Waals surface area contributed by atoms with E-state index >= 15 is 0 Å². The lowest BCUT2D eigenvalue weighted by Crippen LogP contribution is -2.39. The first-order valence-electron chi connectivity index (χ1n) is 9.70. The minimum Gasteiger partial charge on any atom is -0.493 e. The van der Waals surface area contributed by atoms with Gasteiger partial charge in [0, 0.05) is 12.5 Å². The summed E-state index contributed by atoms with van der Waals surface area (Å²) in [6.45, 7) is 1.99. The van der Waals surface area contributed by atoms with Gasteiger partial charge < -0.3 is 24.3 Å². The molecule has 0 spiro atoms. The first-order chi connectivity index (χ1) is 13.5. The average Bonchev–Trinajstić information content (AvgIpc) is 2.71. The van der Waals surface area contributed by atoms with E-state index in [1.165, 1.54) is 7.11 Å². The van der Waals surface area contributed by atoms with Crippen molar-refractivity contribution in [1.82, 2.24) is 5.32 Å². The Hall–Kier alpha value is -2.44. The van der Waals surface area contributed by atoms with Crippen LogP contribution in [0.3, 0.4) is 0 Å². The third-order valence-corrected chi connectivity index (χ3v) is 5.09. The molecule has 0 bridgehead atoms. The van der Waals surface area contributed by atoms with Crippen LogP contribution in [0.15, 0.2) is 12.1 Å². The Kier molecular flexibility index (Phi) is 8.42. The molecule has 2 rings (SSSR count). The summed E-state index contributed by atoms with van der Waals surface area (Å²) in [7, 11) is 4.62. The number of benzene rings is 1. The van der Waals surface area contributed by atoms with Crippen molar-refractivity contribution >= 4 is 11.9 Å². The summed E-state index contributed by atoms with van der Waals surface area (Å²) in [5.41, 5.74) is 0.854. The Morgan fingerprint density at radius 2 is 1.61 bits per heavy atom. The van der Waals surface area contributed by atoms with Gasteiger partial charge in [0.1, 0.15) is 0 Å². The molecular weight excluding hydrogens is 362 g/mol. The van der Waals surface area contributed by atoms with Crippen molar-refractivity contribution in [2.45, 2.75) is 51.5 Å². The van der Waals surface area contributed by atoms with Crippen LogP contribution in [0.1, 0.15) is 44.6 Å². The molecule has 0 unspecified atom stereocenters. The molecule has 1 aliphatic carbocycles. The summed E-state index contributed by atoms with van der Waals surface area (Å²) in [5.74, 6) is 1.64. The number of rotatable bonds is 9. The van der Waals surface area contributed by atoms with Gasteiger partial charge in [-0.2, -0.15) is 0 Å². The molecule has 28 heavy (non-hydrogen) atoms. The fraction of sp³-hybridized carbons (Fsp3) is 0.619. The van der Waals surface area contributed by atoms with E-state index in [4.69, 9.17) is 18.9 Å². The van der Waals surface area contributed by atoms with Gasteiger partial charge in [0.25, 0.3) is 5.91 Å². The van der Waals surface area contributed by atoms with Crippen LogP contribution in [0.25, 0.3) is 0 Å². The van der Waals surface area contributed by atoms with Gasteiger partial charge in [-0.1, -0.05) is 6.92 Å². The maximum atomic E-state index is 12.0. The second-order valence-corrected chi connectivity index (χ2v) is 7.22. The van der Waals surface area contributed by atoms with Crippen molar-refractivity contribution in [2.75, 3.05) is 27.9 Å². The summed E-state index contributed by atoms with van der Waals surface area (Å²) < 4.78 is 21.0. The van der Waals surface area contributed by atoms with Crippen LogP contribution in [-0.4, -0.2) is 45.9 Å². The quantitative estimate of drug-likeness (QED) is 0.650. The van der Waals surface area contributed by atoms with E-state index in [1.807, 2.05) is 0 Å². The fourth-order valence-electron chi connectivity index (χ4n) is 3.42. The highest BCUT2D eigenvalue weighted by Gasteiger charge is 2.20. The van der Waals surface area contributed by atoms with Gasteiger partial charge >= 0.3 is 5.97 Å². The number of aryl methyl sites for hydroxylation is 1. The number of nitrogens with one attached hydrogen (secondary N) is 1. The molecule has 1 fully saturated rings. The number of carbonyl (C=O) groups excluding carboxylic acids is 2. The highest BCUT2D eigenvalue weighted by Crippen LogP contribution is 2.38. The number of ether oxygens (including phenoxy) is 4. The number of esters is 1. The van der Waals surface area contributed by atoms with E-state index in [0.29, 0.717) is 23.7 Å². The largest absolute Gasteiger partial charge is 0.493 e. The van der Waals surface area contributed by atoms with Crippen molar-refractivity contribution in [3.8, 4) is 17.2 Å². The minimum absolute atomic E-state index is 0.160. The van der Waals surface area contributed by atoms with E-state index < -0.39 is 5.97 Å². The van der Waals surface area contributed by atoms with Crippen molar-refractivity contribution in [3.63, 3.8) is 0 Å². The third kappa shape index (κ3) is 6.32. The second-order valence-electron chi connectivity index (χ2n) is 7.22. The minimum atomic E-state index is -0.416. The topological polar surface area (TPSA) is 83.1 Å². The normalized spacial score (nSPS) is 18.9. The SMILES string of the molecule is COc1cc(CCC(=O)OCC(=O)NC2CCC(C)CC2)cc(OC)c1OC. The maximum absolute atomic E-state index is 12.0.